The molecule has 1 aromatic carbocycles. The lowest BCUT2D eigenvalue weighted by Crippen LogP contribution is -2.39. The van der Waals surface area contributed by atoms with Gasteiger partial charge in [-0.2, -0.15) is 0 Å². The number of benzene rings is 1. The monoisotopic (exact) mass is 369 g/mol. The first kappa shape index (κ1) is 20.4. The van der Waals surface area contributed by atoms with Gasteiger partial charge in [0, 0.05) is 25.5 Å². The van der Waals surface area contributed by atoms with Gasteiger partial charge in [-0.3, -0.25) is 9.59 Å². The molecule has 0 spiro atoms. The maximum absolute atomic E-state index is 12.8. The van der Waals surface area contributed by atoms with Crippen molar-refractivity contribution in [3.63, 3.8) is 0 Å². The number of hydrogen-bond acceptors (Lipinski definition) is 5. The molecule has 2 rings (SSSR count). The van der Waals surface area contributed by atoms with E-state index in [1.54, 1.807) is 25.3 Å². The zero-order valence-corrected chi connectivity index (χ0v) is 16.4. The maximum Gasteiger partial charge on any atom is 0.325 e. The number of para-hydroxylation sites is 1. The van der Waals surface area contributed by atoms with Crippen LogP contribution in [0.1, 0.15) is 31.1 Å². The third-order valence-electron chi connectivity index (χ3n) is 3.98. The minimum atomic E-state index is -0.403. The largest absolute Gasteiger partial charge is 0.465 e. The number of rotatable bonds is 8. The van der Waals surface area contributed by atoms with Gasteiger partial charge in [0.05, 0.1) is 12.2 Å². The van der Waals surface area contributed by atoms with Gasteiger partial charge in [-0.15, -0.1) is 0 Å². The van der Waals surface area contributed by atoms with Crippen LogP contribution in [0.3, 0.4) is 0 Å². The molecule has 0 unspecified atom stereocenters. The predicted molar refractivity (Wildman–Crippen MR) is 106 cm³/mol. The van der Waals surface area contributed by atoms with E-state index in [-0.39, 0.29) is 18.4 Å². The van der Waals surface area contributed by atoms with E-state index in [4.69, 9.17) is 4.74 Å². The maximum atomic E-state index is 12.8. The average molecular weight is 369 g/mol. The molecular formula is C21H27N3O3. The number of nitrogens with zero attached hydrogens (tertiary/aromatic N) is 3. The van der Waals surface area contributed by atoms with Crippen molar-refractivity contribution in [2.24, 2.45) is 5.92 Å². The van der Waals surface area contributed by atoms with Crippen molar-refractivity contribution >= 4 is 23.4 Å². The molecule has 0 atom stereocenters. The molecule has 0 fully saturated rings. The number of esters is 1. The summed E-state index contributed by atoms with van der Waals surface area (Å²) in [6.45, 7) is 6.46. The van der Waals surface area contributed by atoms with Gasteiger partial charge in [-0.1, -0.05) is 32.0 Å². The molecule has 1 heterocycles. The quantitative estimate of drug-likeness (QED) is 0.666. The second kappa shape index (κ2) is 9.71. The fraction of sp³-hybridized carbons (Fsp3) is 0.381. The Morgan fingerprint density at radius 2 is 1.81 bits per heavy atom. The van der Waals surface area contributed by atoms with Crippen LogP contribution < -0.4 is 4.90 Å². The number of anilines is 2. The summed E-state index contributed by atoms with van der Waals surface area (Å²) < 4.78 is 4.98. The summed E-state index contributed by atoms with van der Waals surface area (Å²) in [6.07, 6.45) is 1.55. The Hall–Kier alpha value is -2.89. The second-order valence-corrected chi connectivity index (χ2v) is 6.68. The number of amides is 1. The fourth-order valence-corrected chi connectivity index (χ4v) is 2.70. The summed E-state index contributed by atoms with van der Waals surface area (Å²) in [5, 5.41) is 0. The van der Waals surface area contributed by atoms with Crippen molar-refractivity contribution in [2.75, 3.05) is 31.6 Å². The van der Waals surface area contributed by atoms with Gasteiger partial charge in [0.1, 0.15) is 12.4 Å². The number of carbonyl (C=O) groups is 2. The van der Waals surface area contributed by atoms with Gasteiger partial charge in [0.25, 0.3) is 5.91 Å². The smallest absolute Gasteiger partial charge is 0.325 e. The summed E-state index contributed by atoms with van der Waals surface area (Å²) >= 11 is 0. The molecule has 6 nitrogen and oxygen atoms in total. The SMILES string of the molecule is CCOC(=O)CN(CC(C)C)C(=O)c1ccc(N(C)c2ccccc2)nc1. The lowest BCUT2D eigenvalue weighted by molar-refractivity contribution is -0.143. The highest BCUT2D eigenvalue weighted by molar-refractivity contribution is 5.96. The van der Waals surface area contributed by atoms with E-state index in [9.17, 15) is 9.59 Å². The Morgan fingerprint density at radius 1 is 1.11 bits per heavy atom. The van der Waals surface area contributed by atoms with Crippen LogP contribution >= 0.6 is 0 Å². The molecule has 0 aliphatic carbocycles. The molecular weight excluding hydrogens is 342 g/mol. The van der Waals surface area contributed by atoms with Crippen molar-refractivity contribution in [3.8, 4) is 0 Å². The number of ether oxygens (including phenoxy) is 1. The van der Waals surface area contributed by atoms with Crippen LogP contribution in [0, 0.1) is 5.92 Å². The van der Waals surface area contributed by atoms with Crippen LogP contribution in [0.4, 0.5) is 11.5 Å². The Balaban J connectivity index is 2.14. The van der Waals surface area contributed by atoms with Crippen molar-refractivity contribution in [1.82, 2.24) is 9.88 Å². The summed E-state index contributed by atoms with van der Waals surface area (Å²) in [5.74, 6) is 0.344. The third-order valence-corrected chi connectivity index (χ3v) is 3.98. The Morgan fingerprint density at radius 3 is 2.37 bits per heavy atom. The van der Waals surface area contributed by atoms with Crippen molar-refractivity contribution in [1.29, 1.82) is 0 Å². The molecule has 1 aromatic heterocycles. The summed E-state index contributed by atoms with van der Waals surface area (Å²) in [5.41, 5.74) is 1.46. The highest BCUT2D eigenvalue weighted by Crippen LogP contribution is 2.21. The summed E-state index contributed by atoms with van der Waals surface area (Å²) in [4.78, 5) is 32.5. The van der Waals surface area contributed by atoms with Crippen LogP contribution in [-0.4, -0.2) is 48.5 Å². The van der Waals surface area contributed by atoms with Gasteiger partial charge in [0.15, 0.2) is 0 Å². The van der Waals surface area contributed by atoms with Crippen LogP contribution in [0.2, 0.25) is 0 Å². The standard InChI is InChI=1S/C21H27N3O3/c1-5-27-20(25)15-24(14-16(2)3)21(26)17-11-12-19(22-13-17)23(4)18-9-7-6-8-10-18/h6-13,16H,5,14-15H2,1-4H3. The zero-order chi connectivity index (χ0) is 19.8. The highest BCUT2D eigenvalue weighted by atomic mass is 16.5. The Bertz CT molecular complexity index is 745. The first-order chi connectivity index (χ1) is 12.9. The molecule has 0 aliphatic heterocycles. The molecule has 0 aliphatic rings. The first-order valence-corrected chi connectivity index (χ1v) is 9.12. The van der Waals surface area contributed by atoms with Crippen LogP contribution in [0.5, 0.6) is 0 Å². The zero-order valence-electron chi connectivity index (χ0n) is 16.4. The molecule has 0 radical (unpaired) electrons. The number of carbonyl (C=O) groups excluding carboxylic acids is 2. The number of aromatic nitrogens is 1. The first-order valence-electron chi connectivity index (χ1n) is 9.12. The molecule has 1 amide bonds. The predicted octanol–water partition coefficient (Wildman–Crippen LogP) is 3.51. The van der Waals surface area contributed by atoms with Gasteiger partial charge in [0.2, 0.25) is 0 Å². The van der Waals surface area contributed by atoms with Gasteiger partial charge >= 0.3 is 5.97 Å². The normalized spacial score (nSPS) is 10.6. The van der Waals surface area contributed by atoms with Gasteiger partial charge in [-0.05, 0) is 37.1 Å². The lowest BCUT2D eigenvalue weighted by Gasteiger charge is -2.24. The van der Waals surface area contributed by atoms with E-state index < -0.39 is 5.97 Å². The highest BCUT2D eigenvalue weighted by Gasteiger charge is 2.21. The molecule has 27 heavy (non-hydrogen) atoms. The van der Waals surface area contributed by atoms with E-state index in [2.05, 4.69) is 4.98 Å². The second-order valence-electron chi connectivity index (χ2n) is 6.68. The molecule has 6 heteroatoms. The molecule has 2 aromatic rings. The minimum absolute atomic E-state index is 0.0590. The van der Waals surface area contributed by atoms with E-state index in [0.717, 1.165) is 11.5 Å². The van der Waals surface area contributed by atoms with Crippen molar-refractivity contribution in [2.45, 2.75) is 20.8 Å². The van der Waals surface area contributed by atoms with Crippen LogP contribution in [0.25, 0.3) is 0 Å². The van der Waals surface area contributed by atoms with Gasteiger partial charge in [-0.25, -0.2) is 4.98 Å². The minimum Gasteiger partial charge on any atom is -0.465 e. The van der Waals surface area contributed by atoms with Crippen LogP contribution in [-0.2, 0) is 9.53 Å². The fourth-order valence-electron chi connectivity index (χ4n) is 2.70. The number of hydrogen-bond donors (Lipinski definition) is 0. The van der Waals surface area contributed by atoms with Gasteiger partial charge < -0.3 is 14.5 Å². The lowest BCUT2D eigenvalue weighted by atomic mass is 10.1. The Labute approximate surface area is 160 Å². The molecule has 0 N–H and O–H groups in total. The topological polar surface area (TPSA) is 62.7 Å². The van der Waals surface area contributed by atoms with Crippen molar-refractivity contribution < 1.29 is 14.3 Å². The summed E-state index contributed by atoms with van der Waals surface area (Å²) in [7, 11) is 1.92. The van der Waals surface area contributed by atoms with E-state index in [0.29, 0.717) is 18.7 Å². The van der Waals surface area contributed by atoms with E-state index in [1.807, 2.05) is 56.1 Å². The Kier molecular flexibility index (Phi) is 7.34. The third kappa shape index (κ3) is 5.81. The van der Waals surface area contributed by atoms with Crippen LogP contribution in [0.15, 0.2) is 48.7 Å². The van der Waals surface area contributed by atoms with Crippen molar-refractivity contribution in [3.05, 3.63) is 54.2 Å². The molecule has 0 saturated carbocycles. The average Bonchev–Trinajstić information content (AvgIpc) is 2.67. The van der Waals surface area contributed by atoms with E-state index in [1.165, 1.54) is 4.90 Å². The van der Waals surface area contributed by atoms with E-state index >= 15 is 0 Å². The molecule has 0 saturated heterocycles. The number of pyridine rings is 1. The molecule has 144 valence electrons. The summed E-state index contributed by atoms with van der Waals surface area (Å²) in [6, 6.07) is 13.4. The molecule has 0 bridgehead atoms.